The van der Waals surface area contributed by atoms with Crippen LogP contribution < -0.4 is 5.14 Å². The molecule has 1 rings (SSSR count). The van der Waals surface area contributed by atoms with Crippen LogP contribution in [0.3, 0.4) is 0 Å². The van der Waals surface area contributed by atoms with Crippen molar-refractivity contribution >= 4 is 10.3 Å². The molecule has 1 saturated carbocycles. The molecular formula is C10H21NO3S. The molecule has 0 amide bonds. The first kappa shape index (κ1) is 12.9. The summed E-state index contributed by atoms with van der Waals surface area (Å²) in [7, 11) is -3.78. The lowest BCUT2D eigenvalue weighted by Crippen LogP contribution is -2.32. The van der Waals surface area contributed by atoms with Gasteiger partial charge in [-0.25, -0.2) is 5.14 Å². The highest BCUT2D eigenvalue weighted by Crippen LogP contribution is 2.38. The lowest BCUT2D eigenvalue weighted by molar-refractivity contribution is 0.0925. The van der Waals surface area contributed by atoms with Gasteiger partial charge in [0, 0.05) is 0 Å². The molecule has 1 fully saturated rings. The van der Waals surface area contributed by atoms with Crippen LogP contribution in [0.2, 0.25) is 0 Å². The second kappa shape index (κ2) is 4.39. The first-order valence-corrected chi connectivity index (χ1v) is 6.86. The summed E-state index contributed by atoms with van der Waals surface area (Å²) in [4.78, 5) is 0. The van der Waals surface area contributed by atoms with Crippen LogP contribution in [0, 0.1) is 11.3 Å². The first-order valence-electron chi connectivity index (χ1n) is 5.39. The summed E-state index contributed by atoms with van der Waals surface area (Å²) < 4.78 is 26.3. The van der Waals surface area contributed by atoms with Gasteiger partial charge in [-0.3, -0.25) is 4.18 Å². The van der Waals surface area contributed by atoms with E-state index in [1.165, 1.54) is 0 Å². The summed E-state index contributed by atoms with van der Waals surface area (Å²) in [6.07, 6.45) is 3.41. The van der Waals surface area contributed by atoms with Crippen LogP contribution in [0.1, 0.15) is 46.5 Å². The van der Waals surface area contributed by atoms with Crippen LogP contribution in [-0.4, -0.2) is 14.5 Å². The van der Waals surface area contributed by atoms with E-state index in [1.807, 2.05) is 0 Å². The van der Waals surface area contributed by atoms with Crippen molar-refractivity contribution in [3.63, 3.8) is 0 Å². The van der Waals surface area contributed by atoms with Crippen molar-refractivity contribution < 1.29 is 12.6 Å². The molecule has 4 nitrogen and oxygen atoms in total. The van der Waals surface area contributed by atoms with Crippen molar-refractivity contribution in [2.75, 3.05) is 0 Å². The van der Waals surface area contributed by atoms with E-state index < -0.39 is 10.3 Å². The molecule has 0 aromatic rings. The SMILES string of the molecule is CC(C)(C)C1CCC(OS(N)(=O)=O)CC1. The summed E-state index contributed by atoms with van der Waals surface area (Å²) in [5, 5.41) is 4.84. The Labute approximate surface area is 92.4 Å². The van der Waals surface area contributed by atoms with Gasteiger partial charge in [-0.15, -0.1) is 0 Å². The quantitative estimate of drug-likeness (QED) is 0.793. The molecule has 0 radical (unpaired) electrons. The Bertz CT molecular complexity index is 297. The summed E-state index contributed by atoms with van der Waals surface area (Å²) in [6, 6.07) is 0. The highest BCUT2D eigenvalue weighted by Gasteiger charge is 2.31. The Morgan fingerprint density at radius 3 is 1.93 bits per heavy atom. The van der Waals surface area contributed by atoms with Gasteiger partial charge in [-0.2, -0.15) is 8.42 Å². The molecule has 2 N–H and O–H groups in total. The van der Waals surface area contributed by atoms with Gasteiger partial charge < -0.3 is 0 Å². The van der Waals surface area contributed by atoms with E-state index in [4.69, 9.17) is 9.32 Å². The number of hydrogen-bond acceptors (Lipinski definition) is 3. The van der Waals surface area contributed by atoms with Gasteiger partial charge in [-0.1, -0.05) is 20.8 Å². The van der Waals surface area contributed by atoms with E-state index in [0.717, 1.165) is 25.7 Å². The van der Waals surface area contributed by atoms with Gasteiger partial charge >= 0.3 is 10.3 Å². The maximum atomic E-state index is 10.7. The molecule has 15 heavy (non-hydrogen) atoms. The predicted molar refractivity (Wildman–Crippen MR) is 59.4 cm³/mol. The smallest absolute Gasteiger partial charge is 0.255 e. The summed E-state index contributed by atoms with van der Waals surface area (Å²) >= 11 is 0. The Kier molecular flexibility index (Phi) is 3.79. The Morgan fingerprint density at radius 1 is 1.13 bits per heavy atom. The zero-order valence-electron chi connectivity index (χ0n) is 9.69. The molecule has 1 aliphatic carbocycles. The zero-order valence-corrected chi connectivity index (χ0v) is 10.5. The third kappa shape index (κ3) is 4.49. The second-order valence-electron chi connectivity index (χ2n) is 5.43. The van der Waals surface area contributed by atoms with Gasteiger partial charge in [0.25, 0.3) is 0 Å². The third-order valence-electron chi connectivity index (χ3n) is 3.17. The maximum Gasteiger partial charge on any atom is 0.333 e. The summed E-state index contributed by atoms with van der Waals surface area (Å²) in [6.45, 7) is 6.66. The highest BCUT2D eigenvalue weighted by molar-refractivity contribution is 7.84. The lowest BCUT2D eigenvalue weighted by atomic mass is 9.72. The van der Waals surface area contributed by atoms with Gasteiger partial charge in [0.2, 0.25) is 0 Å². The Hall–Kier alpha value is -0.130. The van der Waals surface area contributed by atoms with Crippen LogP contribution in [-0.2, 0) is 14.5 Å². The standard InChI is InChI=1S/C10H21NO3S/c1-10(2,3)8-4-6-9(7-5-8)14-15(11,12)13/h8-9H,4-7H2,1-3H3,(H2,11,12,13). The van der Waals surface area contributed by atoms with Crippen molar-refractivity contribution in [1.82, 2.24) is 0 Å². The van der Waals surface area contributed by atoms with Crippen LogP contribution in [0.25, 0.3) is 0 Å². The number of hydrogen-bond donors (Lipinski definition) is 1. The number of nitrogens with two attached hydrogens (primary N) is 1. The zero-order chi connectivity index (χ0) is 11.7. The van der Waals surface area contributed by atoms with Crippen LogP contribution in [0.15, 0.2) is 0 Å². The Morgan fingerprint density at radius 2 is 1.60 bits per heavy atom. The van der Waals surface area contributed by atoms with Gasteiger partial charge in [0.05, 0.1) is 6.10 Å². The summed E-state index contributed by atoms with van der Waals surface area (Å²) in [5.41, 5.74) is 0.298. The minimum atomic E-state index is -3.78. The molecule has 1 aliphatic rings. The molecule has 0 aromatic heterocycles. The van der Waals surface area contributed by atoms with Gasteiger partial charge in [0.1, 0.15) is 0 Å². The first-order chi connectivity index (χ1) is 6.68. The van der Waals surface area contributed by atoms with Crippen molar-refractivity contribution in [3.05, 3.63) is 0 Å². The third-order valence-corrected chi connectivity index (χ3v) is 3.71. The molecule has 0 saturated heterocycles. The van der Waals surface area contributed by atoms with Crippen LogP contribution >= 0.6 is 0 Å². The minimum Gasteiger partial charge on any atom is -0.255 e. The average molecular weight is 235 g/mol. The monoisotopic (exact) mass is 235 g/mol. The van der Waals surface area contributed by atoms with Crippen LogP contribution in [0.4, 0.5) is 0 Å². The highest BCUT2D eigenvalue weighted by atomic mass is 32.2. The summed E-state index contributed by atoms with van der Waals surface area (Å²) in [5.74, 6) is 0.651. The molecule has 0 atom stereocenters. The number of rotatable bonds is 2. The lowest BCUT2D eigenvalue weighted by Gasteiger charge is -2.36. The molecule has 0 bridgehead atoms. The predicted octanol–water partition coefficient (Wildman–Crippen LogP) is 1.81. The molecular weight excluding hydrogens is 214 g/mol. The van der Waals surface area contributed by atoms with E-state index in [0.29, 0.717) is 11.3 Å². The average Bonchev–Trinajstić information content (AvgIpc) is 2.00. The molecule has 5 heteroatoms. The molecule has 90 valence electrons. The van der Waals surface area contributed by atoms with E-state index in [9.17, 15) is 8.42 Å². The molecule has 0 heterocycles. The van der Waals surface area contributed by atoms with E-state index in [-0.39, 0.29) is 6.10 Å². The van der Waals surface area contributed by atoms with Crippen molar-refractivity contribution in [2.24, 2.45) is 16.5 Å². The fraction of sp³-hybridized carbons (Fsp3) is 1.00. The minimum absolute atomic E-state index is 0.210. The normalized spacial score (nSPS) is 29.1. The van der Waals surface area contributed by atoms with Crippen molar-refractivity contribution in [2.45, 2.75) is 52.6 Å². The topological polar surface area (TPSA) is 69.4 Å². The Balaban J connectivity index is 2.43. The fourth-order valence-electron chi connectivity index (χ4n) is 2.21. The second-order valence-corrected chi connectivity index (χ2v) is 6.61. The largest absolute Gasteiger partial charge is 0.333 e. The van der Waals surface area contributed by atoms with E-state index in [2.05, 4.69) is 20.8 Å². The molecule has 0 aromatic carbocycles. The molecule has 0 aliphatic heterocycles. The van der Waals surface area contributed by atoms with Gasteiger partial charge in [0.15, 0.2) is 0 Å². The maximum absolute atomic E-state index is 10.7. The fourth-order valence-corrected chi connectivity index (χ4v) is 2.79. The van der Waals surface area contributed by atoms with E-state index in [1.54, 1.807) is 0 Å². The molecule has 0 unspecified atom stereocenters. The van der Waals surface area contributed by atoms with Crippen molar-refractivity contribution in [3.8, 4) is 0 Å². The van der Waals surface area contributed by atoms with Crippen LogP contribution in [0.5, 0.6) is 0 Å². The van der Waals surface area contributed by atoms with E-state index >= 15 is 0 Å². The van der Waals surface area contributed by atoms with Crippen molar-refractivity contribution in [1.29, 1.82) is 0 Å². The molecule has 0 spiro atoms. The van der Waals surface area contributed by atoms with Gasteiger partial charge in [-0.05, 0) is 37.0 Å².